The van der Waals surface area contributed by atoms with E-state index in [1.165, 1.54) is 0 Å². The summed E-state index contributed by atoms with van der Waals surface area (Å²) in [6.07, 6.45) is 11.6. The number of carbonyl (C=O) groups excluding carboxylic acids is 2. The highest BCUT2D eigenvalue weighted by atomic mass is 16.7. The Morgan fingerprint density at radius 3 is 1.12 bits per heavy atom. The maximum Gasteiger partial charge on any atom is 0.306 e. The first-order valence-electron chi connectivity index (χ1n) is 16.8. The van der Waals surface area contributed by atoms with E-state index in [1.807, 2.05) is 0 Å². The summed E-state index contributed by atoms with van der Waals surface area (Å²) in [5.74, 6) is -0.183. The molecule has 2 heterocycles. The molecule has 0 atom stereocenters. The third kappa shape index (κ3) is 11.4. The number of hydrogen-bond acceptors (Lipinski definition) is 8. The van der Waals surface area contributed by atoms with E-state index in [1.54, 1.807) is 0 Å². The van der Waals surface area contributed by atoms with Gasteiger partial charge < -0.3 is 9.47 Å². The predicted molar refractivity (Wildman–Crippen MR) is 168 cm³/mol. The number of nitrogens with zero attached hydrogens (tertiary/aromatic N) is 2. The number of piperidine rings is 2. The molecule has 8 heteroatoms. The molecule has 246 valence electrons. The fourth-order valence-corrected chi connectivity index (χ4v) is 7.31. The summed E-state index contributed by atoms with van der Waals surface area (Å²) >= 11 is 0. The average Bonchev–Trinajstić information content (AvgIpc) is 2.83. The number of hydroxylamine groups is 4. The molecule has 0 aliphatic carbocycles. The van der Waals surface area contributed by atoms with Crippen molar-refractivity contribution in [2.75, 3.05) is 13.2 Å². The molecule has 0 unspecified atom stereocenters. The van der Waals surface area contributed by atoms with Crippen molar-refractivity contribution in [3.05, 3.63) is 0 Å². The van der Waals surface area contributed by atoms with Crippen LogP contribution in [-0.2, 0) is 28.7 Å². The third-order valence-electron chi connectivity index (χ3n) is 8.57. The monoisotopic (exact) mass is 596 g/mol. The molecule has 0 amide bonds. The minimum Gasteiger partial charge on any atom is -0.462 e. The minimum absolute atomic E-state index is 0.0807. The molecule has 2 saturated heterocycles. The van der Waals surface area contributed by atoms with Crippen LogP contribution >= 0.6 is 0 Å². The van der Waals surface area contributed by atoms with E-state index < -0.39 is 0 Å². The Morgan fingerprint density at radius 1 is 0.548 bits per heavy atom. The second-order valence-corrected chi connectivity index (χ2v) is 15.2. The van der Waals surface area contributed by atoms with Gasteiger partial charge >= 0.3 is 11.9 Å². The fraction of sp³-hybridized carbons (Fsp3) is 0.941. The van der Waals surface area contributed by atoms with Crippen molar-refractivity contribution >= 4 is 11.9 Å². The molecular weight excluding hydrogens is 532 g/mol. The highest BCUT2D eigenvalue weighted by molar-refractivity contribution is 5.69. The van der Waals surface area contributed by atoms with Crippen LogP contribution in [0.15, 0.2) is 0 Å². The normalized spacial score (nSPS) is 22.6. The molecule has 2 aliphatic rings. The molecule has 42 heavy (non-hydrogen) atoms. The van der Waals surface area contributed by atoms with Crippen molar-refractivity contribution in [2.45, 2.75) is 193 Å². The van der Waals surface area contributed by atoms with Gasteiger partial charge in [-0.3, -0.25) is 19.3 Å². The maximum atomic E-state index is 12.6. The summed E-state index contributed by atoms with van der Waals surface area (Å²) in [7, 11) is 0. The van der Waals surface area contributed by atoms with E-state index in [4.69, 9.17) is 19.1 Å². The Morgan fingerprint density at radius 2 is 0.833 bits per heavy atom. The number of ether oxygens (including phenoxy) is 2. The van der Waals surface area contributed by atoms with Crippen molar-refractivity contribution in [3.8, 4) is 0 Å². The van der Waals surface area contributed by atoms with Gasteiger partial charge in [-0.2, -0.15) is 10.1 Å². The Labute approximate surface area is 257 Å². The lowest BCUT2D eigenvalue weighted by Crippen LogP contribution is -2.62. The summed E-state index contributed by atoms with van der Waals surface area (Å²) in [6.45, 7) is 23.0. The van der Waals surface area contributed by atoms with Crippen LogP contribution in [0.2, 0.25) is 0 Å². The average molecular weight is 597 g/mol. The van der Waals surface area contributed by atoms with Crippen LogP contribution in [-0.4, -0.2) is 69.6 Å². The van der Waals surface area contributed by atoms with E-state index >= 15 is 0 Å². The Balaban J connectivity index is 1.59. The van der Waals surface area contributed by atoms with Gasteiger partial charge in [-0.05, 0) is 81.1 Å². The van der Waals surface area contributed by atoms with Crippen LogP contribution in [0.5, 0.6) is 0 Å². The summed E-state index contributed by atoms with van der Waals surface area (Å²) in [5.41, 5.74) is -0.769. The van der Waals surface area contributed by atoms with Gasteiger partial charge in [0.15, 0.2) is 0 Å². The Bertz CT molecular complexity index is 736. The van der Waals surface area contributed by atoms with E-state index in [0.717, 1.165) is 77.0 Å². The lowest BCUT2D eigenvalue weighted by atomic mass is 9.80. The van der Waals surface area contributed by atoms with Crippen LogP contribution in [0, 0.1) is 0 Å². The van der Waals surface area contributed by atoms with Crippen LogP contribution in [0.3, 0.4) is 0 Å². The van der Waals surface area contributed by atoms with Gasteiger partial charge in [0.2, 0.25) is 0 Å². The molecule has 2 rings (SSSR count). The summed E-state index contributed by atoms with van der Waals surface area (Å²) in [4.78, 5) is 37.3. The molecule has 0 radical (unpaired) electrons. The van der Waals surface area contributed by atoms with Gasteiger partial charge in [0.25, 0.3) is 0 Å². The predicted octanol–water partition coefficient (Wildman–Crippen LogP) is 7.92. The van der Waals surface area contributed by atoms with Gasteiger partial charge in [-0.1, -0.05) is 39.5 Å². The zero-order chi connectivity index (χ0) is 31.6. The van der Waals surface area contributed by atoms with E-state index in [9.17, 15) is 9.59 Å². The van der Waals surface area contributed by atoms with E-state index in [2.05, 4.69) is 79.4 Å². The first-order valence-corrected chi connectivity index (χ1v) is 16.8. The first kappa shape index (κ1) is 37.0. The van der Waals surface area contributed by atoms with Crippen molar-refractivity contribution < 1.29 is 28.7 Å². The van der Waals surface area contributed by atoms with Gasteiger partial charge in [-0.25, -0.2) is 0 Å². The van der Waals surface area contributed by atoms with Crippen LogP contribution in [0.4, 0.5) is 0 Å². The quantitative estimate of drug-likeness (QED) is 0.124. The highest BCUT2D eigenvalue weighted by Gasteiger charge is 2.49. The standard InChI is InChI=1S/C34H64N2O6/c1-11-21-39-35-31(3,4)23-27(24-32(35,5)6)41-29(37)19-17-15-13-14-16-18-20-30(38)42-28-25-33(7,8)36(40-22-12-2)34(9,10)26-28/h27-28H,11-26H2,1-10H3. The lowest BCUT2D eigenvalue weighted by Gasteiger charge is -2.53. The van der Waals surface area contributed by atoms with Crippen molar-refractivity contribution in [1.82, 2.24) is 10.1 Å². The SMILES string of the molecule is CCCON1C(C)(C)CC(OC(=O)CCCCCCCCC(=O)OC2CC(C)(C)N(OCCC)C(C)(C)C2)CC1(C)C. The molecule has 0 N–H and O–H groups in total. The number of hydrogen-bond donors (Lipinski definition) is 0. The third-order valence-corrected chi connectivity index (χ3v) is 8.57. The summed E-state index contributed by atoms with van der Waals surface area (Å²) in [5, 5.41) is 4.23. The van der Waals surface area contributed by atoms with Crippen LogP contribution in [0.1, 0.15) is 159 Å². The van der Waals surface area contributed by atoms with Crippen molar-refractivity contribution in [1.29, 1.82) is 0 Å². The van der Waals surface area contributed by atoms with Crippen LogP contribution in [0.25, 0.3) is 0 Å². The summed E-state index contributed by atoms with van der Waals surface area (Å²) < 4.78 is 11.8. The maximum absolute atomic E-state index is 12.6. The lowest BCUT2D eigenvalue weighted by molar-refractivity contribution is -0.293. The second-order valence-electron chi connectivity index (χ2n) is 15.2. The van der Waals surface area contributed by atoms with Crippen molar-refractivity contribution in [3.63, 3.8) is 0 Å². The second kappa shape index (κ2) is 16.2. The van der Waals surface area contributed by atoms with Gasteiger partial charge in [0, 0.05) is 60.7 Å². The Hall–Kier alpha value is -1.22. The molecule has 0 bridgehead atoms. The smallest absolute Gasteiger partial charge is 0.306 e. The largest absolute Gasteiger partial charge is 0.462 e. The van der Waals surface area contributed by atoms with Gasteiger partial charge in [-0.15, -0.1) is 0 Å². The molecule has 8 nitrogen and oxygen atoms in total. The zero-order valence-corrected chi connectivity index (χ0v) is 28.8. The van der Waals surface area contributed by atoms with Crippen LogP contribution < -0.4 is 0 Å². The molecule has 0 saturated carbocycles. The molecule has 2 aliphatic heterocycles. The molecule has 0 aromatic rings. The number of unbranched alkanes of at least 4 members (excludes halogenated alkanes) is 5. The van der Waals surface area contributed by atoms with Gasteiger partial charge in [0.1, 0.15) is 12.2 Å². The molecule has 0 aromatic carbocycles. The van der Waals surface area contributed by atoms with E-state index in [0.29, 0.717) is 26.1 Å². The molecule has 0 aromatic heterocycles. The Kier molecular flexibility index (Phi) is 14.3. The fourth-order valence-electron chi connectivity index (χ4n) is 7.31. The molecule has 0 spiro atoms. The summed E-state index contributed by atoms with van der Waals surface area (Å²) in [6, 6.07) is 0. The molecule has 2 fully saturated rings. The number of esters is 2. The van der Waals surface area contributed by atoms with E-state index in [-0.39, 0.29) is 46.3 Å². The topological polar surface area (TPSA) is 77.5 Å². The van der Waals surface area contributed by atoms with Crippen molar-refractivity contribution in [2.24, 2.45) is 0 Å². The highest BCUT2D eigenvalue weighted by Crippen LogP contribution is 2.41. The number of rotatable bonds is 17. The first-order chi connectivity index (χ1) is 19.5. The van der Waals surface area contributed by atoms with Gasteiger partial charge in [0.05, 0.1) is 13.2 Å². The number of carbonyl (C=O) groups is 2. The zero-order valence-electron chi connectivity index (χ0n) is 28.8. The molecular formula is C34H64N2O6. The minimum atomic E-state index is -0.192.